The SMILES string of the molecule is CSc1ccc(C2N=C(Nc3nc4ccccc4o3)NC3=C2C(=O)CC(C)(C)C3)cc1. The van der Waals surface area contributed by atoms with Crippen LogP contribution in [0.1, 0.15) is 38.3 Å². The van der Waals surface area contributed by atoms with E-state index in [0.717, 1.165) is 28.8 Å². The number of guanidine groups is 1. The highest BCUT2D eigenvalue weighted by Gasteiger charge is 2.39. The van der Waals surface area contributed by atoms with Crippen molar-refractivity contribution in [3.63, 3.8) is 0 Å². The summed E-state index contributed by atoms with van der Waals surface area (Å²) in [7, 11) is 0. The Kier molecular flexibility index (Phi) is 4.85. The number of para-hydroxylation sites is 2. The van der Waals surface area contributed by atoms with Crippen molar-refractivity contribution in [1.82, 2.24) is 10.3 Å². The van der Waals surface area contributed by atoms with Gasteiger partial charge in [-0.15, -0.1) is 11.8 Å². The van der Waals surface area contributed by atoms with Crippen LogP contribution >= 0.6 is 11.8 Å². The van der Waals surface area contributed by atoms with Gasteiger partial charge in [-0.25, -0.2) is 4.99 Å². The van der Waals surface area contributed by atoms with Gasteiger partial charge in [-0.1, -0.05) is 38.1 Å². The molecule has 2 N–H and O–H groups in total. The molecule has 0 saturated heterocycles. The van der Waals surface area contributed by atoms with Crippen LogP contribution in [0.5, 0.6) is 0 Å². The number of benzene rings is 2. The molecule has 0 bridgehead atoms. The number of nitrogens with zero attached hydrogens (tertiary/aromatic N) is 2. The molecule has 2 heterocycles. The number of aromatic nitrogens is 1. The third kappa shape index (κ3) is 3.85. The van der Waals surface area contributed by atoms with E-state index in [1.807, 2.05) is 30.5 Å². The van der Waals surface area contributed by atoms with Gasteiger partial charge in [-0.05, 0) is 47.9 Å². The molecule has 1 aliphatic heterocycles. The Morgan fingerprint density at radius 2 is 1.90 bits per heavy atom. The lowest BCUT2D eigenvalue weighted by molar-refractivity contribution is -0.118. The molecule has 5 rings (SSSR count). The third-order valence-electron chi connectivity index (χ3n) is 5.67. The lowest BCUT2D eigenvalue weighted by Gasteiger charge is -2.37. The number of fused-ring (bicyclic) bond motifs is 1. The van der Waals surface area contributed by atoms with Gasteiger partial charge in [0.2, 0.25) is 5.96 Å². The van der Waals surface area contributed by atoms with Gasteiger partial charge in [0.05, 0.1) is 0 Å². The zero-order valence-electron chi connectivity index (χ0n) is 17.7. The van der Waals surface area contributed by atoms with Crippen LogP contribution in [-0.4, -0.2) is 23.0 Å². The van der Waals surface area contributed by atoms with E-state index in [2.05, 4.69) is 53.7 Å². The first-order valence-electron chi connectivity index (χ1n) is 10.3. The minimum Gasteiger partial charge on any atom is -0.423 e. The highest BCUT2D eigenvalue weighted by atomic mass is 32.2. The second-order valence-electron chi connectivity index (χ2n) is 8.72. The molecule has 0 radical (unpaired) electrons. The van der Waals surface area contributed by atoms with Crippen molar-refractivity contribution in [2.24, 2.45) is 10.4 Å². The molecular weight excluding hydrogens is 408 g/mol. The fraction of sp³-hybridized carbons (Fsp3) is 0.292. The number of hydrogen-bond acceptors (Lipinski definition) is 7. The fourth-order valence-electron chi connectivity index (χ4n) is 4.25. The van der Waals surface area contributed by atoms with Crippen molar-refractivity contribution in [1.29, 1.82) is 0 Å². The number of carbonyl (C=O) groups is 1. The van der Waals surface area contributed by atoms with E-state index in [4.69, 9.17) is 9.41 Å². The normalized spacial score (nSPS) is 20.3. The van der Waals surface area contributed by atoms with Gasteiger partial charge < -0.3 is 9.73 Å². The molecule has 0 fully saturated rings. The number of carbonyl (C=O) groups excluding carboxylic acids is 1. The standard InChI is InChI=1S/C24H24N4O2S/c1-24(2)12-17-20(18(29)13-24)21(14-8-10-15(31-3)11-9-14)27-22(25-17)28-23-26-16-6-4-5-7-19(16)30-23/h4-11,21H,12-13H2,1-3H3,(H2,25,26,27,28). The van der Waals surface area contributed by atoms with E-state index < -0.39 is 0 Å². The van der Waals surface area contributed by atoms with Crippen molar-refractivity contribution in [3.05, 3.63) is 65.4 Å². The summed E-state index contributed by atoms with van der Waals surface area (Å²) in [5, 5.41) is 6.53. The highest BCUT2D eigenvalue weighted by molar-refractivity contribution is 7.98. The third-order valence-corrected chi connectivity index (χ3v) is 6.42. The van der Waals surface area contributed by atoms with Crippen molar-refractivity contribution >= 4 is 40.6 Å². The molecule has 1 aliphatic carbocycles. The molecule has 0 spiro atoms. The molecule has 1 atom stereocenters. The number of anilines is 1. The number of hydrogen-bond donors (Lipinski definition) is 2. The Morgan fingerprint density at radius 1 is 1.13 bits per heavy atom. The van der Waals surface area contributed by atoms with E-state index in [0.29, 0.717) is 24.0 Å². The van der Waals surface area contributed by atoms with E-state index >= 15 is 0 Å². The second kappa shape index (κ2) is 7.57. The zero-order valence-corrected chi connectivity index (χ0v) is 18.5. The van der Waals surface area contributed by atoms with Crippen LogP contribution in [0.2, 0.25) is 0 Å². The molecule has 158 valence electrons. The van der Waals surface area contributed by atoms with E-state index in [-0.39, 0.29) is 17.2 Å². The number of aliphatic imine (C=N–C) groups is 1. The van der Waals surface area contributed by atoms with Gasteiger partial charge in [0.1, 0.15) is 11.6 Å². The van der Waals surface area contributed by atoms with Crippen LogP contribution in [0, 0.1) is 5.41 Å². The molecular formula is C24H24N4O2S. The van der Waals surface area contributed by atoms with Crippen molar-refractivity contribution in [2.75, 3.05) is 11.6 Å². The van der Waals surface area contributed by atoms with Crippen LogP contribution in [0.4, 0.5) is 6.01 Å². The van der Waals surface area contributed by atoms with Crippen molar-refractivity contribution < 1.29 is 9.21 Å². The number of ketones is 1. The van der Waals surface area contributed by atoms with Crippen LogP contribution < -0.4 is 10.6 Å². The first-order chi connectivity index (χ1) is 14.9. The first-order valence-corrected chi connectivity index (χ1v) is 11.5. The maximum absolute atomic E-state index is 13.1. The fourth-order valence-corrected chi connectivity index (χ4v) is 4.66. The topological polar surface area (TPSA) is 79.5 Å². The van der Waals surface area contributed by atoms with Crippen molar-refractivity contribution in [3.8, 4) is 0 Å². The predicted molar refractivity (Wildman–Crippen MR) is 124 cm³/mol. The zero-order chi connectivity index (χ0) is 21.6. The monoisotopic (exact) mass is 432 g/mol. The molecule has 1 aromatic heterocycles. The number of oxazole rings is 1. The number of thioether (sulfide) groups is 1. The average molecular weight is 433 g/mol. The average Bonchev–Trinajstić information content (AvgIpc) is 3.14. The molecule has 2 aliphatic rings. The minimum atomic E-state index is -0.359. The molecule has 1 unspecified atom stereocenters. The summed E-state index contributed by atoms with van der Waals surface area (Å²) in [4.78, 5) is 23.6. The Morgan fingerprint density at radius 3 is 2.65 bits per heavy atom. The maximum Gasteiger partial charge on any atom is 0.302 e. The number of rotatable bonds is 3. The predicted octanol–water partition coefficient (Wildman–Crippen LogP) is 5.31. The van der Waals surface area contributed by atoms with E-state index in [1.165, 1.54) is 4.90 Å². The quantitative estimate of drug-likeness (QED) is 0.547. The highest BCUT2D eigenvalue weighted by Crippen LogP contribution is 2.43. The summed E-state index contributed by atoms with van der Waals surface area (Å²) < 4.78 is 5.81. The molecule has 2 aromatic carbocycles. The van der Waals surface area contributed by atoms with E-state index in [9.17, 15) is 4.79 Å². The summed E-state index contributed by atoms with van der Waals surface area (Å²) in [6.45, 7) is 4.25. The van der Waals surface area contributed by atoms with Crippen LogP contribution in [0.15, 0.2) is 74.1 Å². The maximum atomic E-state index is 13.1. The Labute approximate surface area is 185 Å². The molecule has 0 amide bonds. The van der Waals surface area contributed by atoms with E-state index in [1.54, 1.807) is 11.8 Å². The van der Waals surface area contributed by atoms with Gasteiger partial charge in [0.25, 0.3) is 0 Å². The first kappa shape index (κ1) is 19.9. The number of nitrogens with one attached hydrogen (secondary N) is 2. The summed E-state index contributed by atoms with van der Waals surface area (Å²) >= 11 is 1.69. The molecule has 31 heavy (non-hydrogen) atoms. The second-order valence-corrected chi connectivity index (χ2v) is 9.60. The van der Waals surface area contributed by atoms with Gasteiger partial charge in [0, 0.05) is 22.6 Å². The lowest BCUT2D eigenvalue weighted by atomic mass is 9.73. The summed E-state index contributed by atoms with van der Waals surface area (Å²) in [6.07, 6.45) is 3.35. The molecule has 3 aromatic rings. The van der Waals surface area contributed by atoms with Crippen LogP contribution in [0.25, 0.3) is 11.1 Å². The van der Waals surface area contributed by atoms with Gasteiger partial charge in [0.15, 0.2) is 11.4 Å². The van der Waals surface area contributed by atoms with Crippen molar-refractivity contribution in [2.45, 2.75) is 37.6 Å². The molecule has 6 nitrogen and oxygen atoms in total. The summed E-state index contributed by atoms with van der Waals surface area (Å²) in [6, 6.07) is 15.9. The largest absolute Gasteiger partial charge is 0.423 e. The van der Waals surface area contributed by atoms with Gasteiger partial charge in [-0.2, -0.15) is 4.98 Å². The Hall–Kier alpha value is -3.06. The number of Topliss-reactive ketones (excluding diaryl/α,β-unsaturated/α-hetero) is 1. The number of allylic oxidation sites excluding steroid dienone is 1. The van der Waals surface area contributed by atoms with Gasteiger partial charge in [-0.3, -0.25) is 10.1 Å². The lowest BCUT2D eigenvalue weighted by Crippen LogP contribution is -2.41. The van der Waals surface area contributed by atoms with Gasteiger partial charge >= 0.3 is 6.01 Å². The molecule has 7 heteroatoms. The minimum absolute atomic E-state index is 0.101. The summed E-state index contributed by atoms with van der Waals surface area (Å²) in [5.74, 6) is 0.692. The molecule has 0 saturated carbocycles. The van der Waals surface area contributed by atoms with Crippen LogP contribution in [-0.2, 0) is 4.79 Å². The summed E-state index contributed by atoms with van der Waals surface area (Å²) in [5.41, 5.74) is 4.07. The van der Waals surface area contributed by atoms with Crippen LogP contribution in [0.3, 0.4) is 0 Å². The Balaban J connectivity index is 1.53. The Bertz CT molecular complexity index is 1190. The smallest absolute Gasteiger partial charge is 0.302 e.